The third-order valence-corrected chi connectivity index (χ3v) is 3.65. The molecule has 0 aromatic heterocycles. The Kier molecular flexibility index (Phi) is 5.19. The third kappa shape index (κ3) is 4.54. The molecule has 0 saturated heterocycles. The van der Waals surface area contributed by atoms with Crippen molar-refractivity contribution in [3.63, 3.8) is 0 Å². The van der Waals surface area contributed by atoms with E-state index in [2.05, 4.69) is 32.2 Å². The van der Waals surface area contributed by atoms with Gasteiger partial charge >= 0.3 is 0 Å². The van der Waals surface area contributed by atoms with Gasteiger partial charge < -0.3 is 10.1 Å². The summed E-state index contributed by atoms with van der Waals surface area (Å²) in [6.45, 7) is 10.2. The molecule has 0 saturated carbocycles. The maximum Gasteiger partial charge on any atom is 0.0766 e. The van der Waals surface area contributed by atoms with Gasteiger partial charge in [-0.05, 0) is 58.7 Å². The van der Waals surface area contributed by atoms with E-state index in [4.69, 9.17) is 10.00 Å². The zero-order chi connectivity index (χ0) is 15.4. The summed E-state index contributed by atoms with van der Waals surface area (Å²) in [5.74, 6) is 0. The minimum absolute atomic E-state index is 0.130. The molecule has 0 amide bonds. The molecule has 1 rings (SSSR count). The van der Waals surface area contributed by atoms with Crippen molar-refractivity contribution < 1.29 is 4.74 Å². The Morgan fingerprint density at radius 3 is 2.20 bits per heavy atom. The molecule has 1 aromatic rings. The number of nitriles is 1. The van der Waals surface area contributed by atoms with Gasteiger partial charge in [-0.15, -0.1) is 0 Å². The maximum atomic E-state index is 9.14. The van der Waals surface area contributed by atoms with Crippen molar-refractivity contribution >= 4 is 5.69 Å². The summed E-state index contributed by atoms with van der Waals surface area (Å²) >= 11 is 0. The number of nitrogens with zero attached hydrogens (tertiary/aromatic N) is 1. The lowest BCUT2D eigenvalue weighted by atomic mass is 9.86. The molecule has 0 aliphatic rings. The lowest BCUT2D eigenvalue weighted by molar-refractivity contribution is 0.0128. The molecule has 0 spiro atoms. The average Bonchev–Trinajstić information content (AvgIpc) is 2.38. The molecule has 0 aliphatic heterocycles. The first kappa shape index (κ1) is 16.5. The molecule has 1 N–H and O–H groups in total. The highest BCUT2D eigenvalue weighted by Gasteiger charge is 2.21. The third-order valence-electron chi connectivity index (χ3n) is 3.65. The molecule has 1 unspecified atom stereocenters. The van der Waals surface area contributed by atoms with Gasteiger partial charge in [0.2, 0.25) is 0 Å². The van der Waals surface area contributed by atoms with Crippen molar-refractivity contribution in [2.75, 3.05) is 12.4 Å². The fourth-order valence-corrected chi connectivity index (χ4v) is 2.20. The molecule has 3 nitrogen and oxygen atoms in total. The second-order valence-electron chi connectivity index (χ2n) is 6.53. The van der Waals surface area contributed by atoms with Crippen LogP contribution < -0.4 is 5.32 Å². The average molecular weight is 274 g/mol. The van der Waals surface area contributed by atoms with Gasteiger partial charge in [-0.1, -0.05) is 12.1 Å². The monoisotopic (exact) mass is 274 g/mol. The van der Waals surface area contributed by atoms with E-state index in [1.54, 1.807) is 7.11 Å². The van der Waals surface area contributed by atoms with E-state index in [-0.39, 0.29) is 5.60 Å². The molecule has 0 aliphatic carbocycles. The van der Waals surface area contributed by atoms with Crippen LogP contribution in [0.1, 0.15) is 46.6 Å². The van der Waals surface area contributed by atoms with E-state index < -0.39 is 5.41 Å². The summed E-state index contributed by atoms with van der Waals surface area (Å²) in [4.78, 5) is 0. The van der Waals surface area contributed by atoms with Gasteiger partial charge in [0, 0.05) is 18.8 Å². The number of methoxy groups -OCH3 is 1. The summed E-state index contributed by atoms with van der Waals surface area (Å²) in [7, 11) is 1.74. The van der Waals surface area contributed by atoms with Gasteiger partial charge in [0.05, 0.1) is 17.1 Å². The first-order valence-electron chi connectivity index (χ1n) is 7.04. The quantitative estimate of drug-likeness (QED) is 0.849. The van der Waals surface area contributed by atoms with Crippen molar-refractivity contribution in [1.29, 1.82) is 5.26 Å². The van der Waals surface area contributed by atoms with Gasteiger partial charge in [-0.25, -0.2) is 0 Å². The molecule has 110 valence electrons. The van der Waals surface area contributed by atoms with Crippen LogP contribution in [0.3, 0.4) is 0 Å². The molecule has 3 heteroatoms. The summed E-state index contributed by atoms with van der Waals surface area (Å²) in [6.07, 6.45) is 0.926. The van der Waals surface area contributed by atoms with Crippen LogP contribution in [0.5, 0.6) is 0 Å². The van der Waals surface area contributed by atoms with E-state index in [9.17, 15) is 0 Å². The molecule has 0 radical (unpaired) electrons. The number of hydrogen-bond acceptors (Lipinski definition) is 3. The minimum atomic E-state index is -0.442. The number of rotatable bonds is 6. The van der Waals surface area contributed by atoms with Crippen LogP contribution in [0, 0.1) is 11.3 Å². The molecule has 0 fully saturated rings. The Balaban J connectivity index is 2.69. The lowest BCUT2D eigenvalue weighted by Crippen LogP contribution is -2.31. The first-order valence-corrected chi connectivity index (χ1v) is 7.04. The van der Waals surface area contributed by atoms with Crippen molar-refractivity contribution in [3.8, 4) is 6.07 Å². The van der Waals surface area contributed by atoms with Crippen molar-refractivity contribution in [2.24, 2.45) is 0 Å². The number of nitrogens with one attached hydrogen (secondary N) is 1. The smallest absolute Gasteiger partial charge is 0.0766 e. The highest BCUT2D eigenvalue weighted by molar-refractivity contribution is 5.47. The van der Waals surface area contributed by atoms with Gasteiger partial charge in [-0.3, -0.25) is 0 Å². The SMILES string of the molecule is COC(C)(C)CC(C)Nc1ccc(C(C)(C)C#N)cc1. The van der Waals surface area contributed by atoms with E-state index in [1.165, 1.54) is 0 Å². The zero-order valence-electron chi connectivity index (χ0n) is 13.4. The Labute approximate surface area is 123 Å². The van der Waals surface area contributed by atoms with Crippen LogP contribution in [0.2, 0.25) is 0 Å². The van der Waals surface area contributed by atoms with Crippen LogP contribution in [-0.2, 0) is 10.2 Å². The van der Waals surface area contributed by atoms with Gasteiger partial charge in [0.25, 0.3) is 0 Å². The van der Waals surface area contributed by atoms with Crippen LogP contribution >= 0.6 is 0 Å². The topological polar surface area (TPSA) is 45.0 Å². The Morgan fingerprint density at radius 1 is 1.20 bits per heavy atom. The van der Waals surface area contributed by atoms with Gasteiger partial charge in [0.15, 0.2) is 0 Å². The zero-order valence-corrected chi connectivity index (χ0v) is 13.4. The number of hydrogen-bond donors (Lipinski definition) is 1. The molecule has 0 heterocycles. The fraction of sp³-hybridized carbons (Fsp3) is 0.588. The molecule has 0 bridgehead atoms. The molecule has 1 aromatic carbocycles. The van der Waals surface area contributed by atoms with Crippen molar-refractivity contribution in [3.05, 3.63) is 29.8 Å². The normalized spacial score (nSPS) is 13.7. The Bertz CT molecular complexity index is 469. The minimum Gasteiger partial charge on any atom is -0.382 e. The van der Waals surface area contributed by atoms with Gasteiger partial charge in [-0.2, -0.15) is 5.26 Å². The van der Waals surface area contributed by atoms with Crippen LogP contribution in [0.15, 0.2) is 24.3 Å². The highest BCUT2D eigenvalue weighted by atomic mass is 16.5. The molecule has 20 heavy (non-hydrogen) atoms. The van der Waals surface area contributed by atoms with E-state index in [0.29, 0.717) is 6.04 Å². The van der Waals surface area contributed by atoms with E-state index in [1.807, 2.05) is 38.1 Å². The summed E-state index contributed by atoms with van der Waals surface area (Å²) in [5.41, 5.74) is 1.54. The first-order chi connectivity index (χ1) is 9.20. The standard InChI is InChI=1S/C17H26N2O/c1-13(11-17(4,5)20-6)19-15-9-7-14(8-10-15)16(2,3)12-18/h7-10,13,19H,11H2,1-6H3. The van der Waals surface area contributed by atoms with Crippen molar-refractivity contribution in [1.82, 2.24) is 0 Å². The molecular weight excluding hydrogens is 248 g/mol. The van der Waals surface area contributed by atoms with Crippen molar-refractivity contribution in [2.45, 2.75) is 58.1 Å². The maximum absolute atomic E-state index is 9.14. The number of anilines is 1. The second-order valence-corrected chi connectivity index (χ2v) is 6.53. The largest absolute Gasteiger partial charge is 0.382 e. The predicted octanol–water partition coefficient (Wildman–Crippen LogP) is 4.10. The fourth-order valence-electron chi connectivity index (χ4n) is 2.20. The van der Waals surface area contributed by atoms with Crippen LogP contribution in [-0.4, -0.2) is 18.8 Å². The van der Waals surface area contributed by atoms with Gasteiger partial charge in [0.1, 0.15) is 0 Å². The van der Waals surface area contributed by atoms with Crippen LogP contribution in [0.4, 0.5) is 5.69 Å². The number of ether oxygens (including phenoxy) is 1. The lowest BCUT2D eigenvalue weighted by Gasteiger charge is -2.27. The number of benzene rings is 1. The Hall–Kier alpha value is -1.53. The summed E-state index contributed by atoms with van der Waals surface area (Å²) in [5, 5.41) is 12.6. The predicted molar refractivity (Wildman–Crippen MR) is 83.9 cm³/mol. The Morgan fingerprint density at radius 2 is 1.75 bits per heavy atom. The summed E-state index contributed by atoms with van der Waals surface area (Å²) in [6, 6.07) is 10.7. The summed E-state index contributed by atoms with van der Waals surface area (Å²) < 4.78 is 5.45. The van der Waals surface area contributed by atoms with E-state index >= 15 is 0 Å². The molecule has 1 atom stereocenters. The van der Waals surface area contributed by atoms with Crippen LogP contribution in [0.25, 0.3) is 0 Å². The van der Waals surface area contributed by atoms with E-state index in [0.717, 1.165) is 17.7 Å². The highest BCUT2D eigenvalue weighted by Crippen LogP contribution is 2.24. The second kappa shape index (κ2) is 6.28. The molecular formula is C17H26N2O.